The molecule has 0 aliphatic carbocycles. The van der Waals surface area contributed by atoms with Crippen molar-refractivity contribution in [1.82, 2.24) is 4.90 Å². The van der Waals surface area contributed by atoms with Crippen molar-refractivity contribution >= 4 is 23.2 Å². The van der Waals surface area contributed by atoms with E-state index in [9.17, 15) is 9.59 Å². The van der Waals surface area contributed by atoms with Gasteiger partial charge in [-0.05, 0) is 13.0 Å². The van der Waals surface area contributed by atoms with Gasteiger partial charge in [-0.2, -0.15) is 0 Å². The number of carbonyl (C=O) groups is 2. The van der Waals surface area contributed by atoms with Gasteiger partial charge in [-0.3, -0.25) is 9.59 Å². The maximum atomic E-state index is 12.5. The summed E-state index contributed by atoms with van der Waals surface area (Å²) in [6.45, 7) is 3.03. The number of nitrogens with zero attached hydrogens (tertiary/aromatic N) is 1. The molecule has 1 aliphatic rings. The van der Waals surface area contributed by atoms with Crippen molar-refractivity contribution in [3.05, 3.63) is 15.8 Å². The lowest BCUT2D eigenvalue weighted by molar-refractivity contribution is -0.141. The van der Waals surface area contributed by atoms with Gasteiger partial charge in [0.05, 0.1) is 26.2 Å². The molecule has 1 atom stereocenters. The van der Waals surface area contributed by atoms with E-state index in [1.54, 1.807) is 4.90 Å². The molecule has 1 N–H and O–H groups in total. The fourth-order valence-electron chi connectivity index (χ4n) is 2.16. The number of methoxy groups -OCH3 is 1. The number of amides is 1. The van der Waals surface area contributed by atoms with Crippen LogP contribution in [0.3, 0.4) is 0 Å². The van der Waals surface area contributed by atoms with Gasteiger partial charge in [0.2, 0.25) is 0 Å². The van der Waals surface area contributed by atoms with E-state index in [1.165, 1.54) is 18.4 Å². The van der Waals surface area contributed by atoms with Crippen LogP contribution in [0, 0.1) is 6.92 Å². The van der Waals surface area contributed by atoms with Crippen LogP contribution in [-0.4, -0.2) is 54.8 Å². The number of carboxylic acid groups (broad SMARTS) is 1. The molecule has 0 radical (unpaired) electrons. The Balaban J connectivity index is 2.10. The summed E-state index contributed by atoms with van der Waals surface area (Å²) in [5.41, 5.74) is 0. The number of ether oxygens (including phenoxy) is 2. The van der Waals surface area contributed by atoms with E-state index >= 15 is 0 Å². The number of carboxylic acids is 1. The molecule has 110 valence electrons. The second-order valence-electron chi connectivity index (χ2n) is 4.60. The molecule has 1 fully saturated rings. The van der Waals surface area contributed by atoms with E-state index in [-0.39, 0.29) is 12.3 Å². The monoisotopic (exact) mass is 299 g/mol. The third-order valence-electron chi connectivity index (χ3n) is 3.06. The zero-order valence-corrected chi connectivity index (χ0v) is 12.2. The average molecular weight is 299 g/mol. The highest BCUT2D eigenvalue weighted by molar-refractivity contribution is 7.14. The predicted octanol–water partition coefficient (Wildman–Crippen LogP) is 1.38. The summed E-state index contributed by atoms with van der Waals surface area (Å²) in [6.07, 6.45) is -0.540. The second kappa shape index (κ2) is 6.23. The first-order chi connectivity index (χ1) is 9.51. The molecule has 6 nitrogen and oxygen atoms in total. The van der Waals surface area contributed by atoms with Crippen LogP contribution >= 0.6 is 11.3 Å². The van der Waals surface area contributed by atoms with E-state index in [0.717, 1.165) is 4.88 Å². The Morgan fingerprint density at radius 2 is 2.35 bits per heavy atom. The van der Waals surface area contributed by atoms with E-state index in [0.29, 0.717) is 30.3 Å². The summed E-state index contributed by atoms with van der Waals surface area (Å²) in [6, 6.07) is 1.83. The highest BCUT2D eigenvalue weighted by Crippen LogP contribution is 2.30. The Labute approximate surface area is 120 Å². The quantitative estimate of drug-likeness (QED) is 0.909. The van der Waals surface area contributed by atoms with Crippen molar-refractivity contribution in [2.24, 2.45) is 0 Å². The summed E-state index contributed by atoms with van der Waals surface area (Å²) in [7, 11) is 1.53. The van der Waals surface area contributed by atoms with E-state index < -0.39 is 12.1 Å². The summed E-state index contributed by atoms with van der Waals surface area (Å²) >= 11 is 1.38. The number of morpholine rings is 1. The second-order valence-corrected chi connectivity index (χ2v) is 5.85. The Bertz CT molecular complexity index is 513. The normalized spacial score (nSPS) is 18.9. The molecule has 0 unspecified atom stereocenters. The van der Waals surface area contributed by atoms with Crippen LogP contribution in [0.25, 0.3) is 0 Å². The van der Waals surface area contributed by atoms with Gasteiger partial charge in [0, 0.05) is 18.0 Å². The van der Waals surface area contributed by atoms with Crippen LogP contribution in [0.4, 0.5) is 0 Å². The highest BCUT2D eigenvalue weighted by Gasteiger charge is 2.29. The number of aryl methyl sites for hydroxylation is 1. The van der Waals surface area contributed by atoms with Crippen molar-refractivity contribution in [2.45, 2.75) is 19.4 Å². The van der Waals surface area contributed by atoms with Crippen LogP contribution < -0.4 is 4.74 Å². The minimum atomic E-state index is -0.922. The van der Waals surface area contributed by atoms with Crippen molar-refractivity contribution in [1.29, 1.82) is 0 Å². The summed E-state index contributed by atoms with van der Waals surface area (Å²) in [5, 5.41) is 8.79. The molecule has 20 heavy (non-hydrogen) atoms. The standard InChI is InChI=1S/C13H17NO5S/c1-8-5-10(18-2)12(20-8)13(17)14-3-4-19-9(7-14)6-11(15)16/h5,9H,3-4,6-7H2,1-2H3,(H,15,16)/t9-/m0/s1. The summed E-state index contributed by atoms with van der Waals surface area (Å²) in [5.74, 6) is -0.480. The van der Waals surface area contributed by atoms with Crippen LogP contribution in [0.2, 0.25) is 0 Å². The Kier molecular flexibility index (Phi) is 4.61. The molecule has 0 spiro atoms. The number of hydrogen-bond acceptors (Lipinski definition) is 5. The summed E-state index contributed by atoms with van der Waals surface area (Å²) < 4.78 is 10.6. The van der Waals surface area contributed by atoms with Gasteiger partial charge in [-0.1, -0.05) is 0 Å². The molecule has 7 heteroatoms. The zero-order valence-electron chi connectivity index (χ0n) is 11.4. The van der Waals surface area contributed by atoms with Crippen molar-refractivity contribution in [2.75, 3.05) is 26.8 Å². The van der Waals surface area contributed by atoms with Gasteiger partial charge in [0.15, 0.2) is 0 Å². The predicted molar refractivity (Wildman–Crippen MR) is 73.5 cm³/mol. The third-order valence-corrected chi connectivity index (χ3v) is 4.08. The summed E-state index contributed by atoms with van der Waals surface area (Å²) in [4.78, 5) is 26.4. The van der Waals surface area contributed by atoms with Crippen LogP contribution in [0.15, 0.2) is 6.07 Å². The minimum Gasteiger partial charge on any atom is -0.495 e. The molecular formula is C13H17NO5S. The molecule has 1 saturated heterocycles. The number of rotatable bonds is 4. The topological polar surface area (TPSA) is 76.1 Å². The maximum Gasteiger partial charge on any atom is 0.306 e. The third kappa shape index (κ3) is 3.29. The largest absolute Gasteiger partial charge is 0.495 e. The number of aliphatic carboxylic acids is 1. The SMILES string of the molecule is COc1cc(C)sc1C(=O)N1CCO[C@@H](CC(=O)O)C1. The molecule has 2 heterocycles. The van der Waals surface area contributed by atoms with Crippen LogP contribution in [0.5, 0.6) is 5.75 Å². The Hall–Kier alpha value is -1.60. The maximum absolute atomic E-state index is 12.5. The highest BCUT2D eigenvalue weighted by atomic mass is 32.1. The fourth-order valence-corrected chi connectivity index (χ4v) is 3.10. The average Bonchev–Trinajstić information content (AvgIpc) is 2.78. The molecule has 2 rings (SSSR count). The zero-order chi connectivity index (χ0) is 14.7. The number of carbonyl (C=O) groups excluding carboxylic acids is 1. The van der Waals surface area contributed by atoms with E-state index in [1.807, 2.05) is 13.0 Å². The number of hydrogen-bond donors (Lipinski definition) is 1. The van der Waals surface area contributed by atoms with Gasteiger partial charge in [-0.25, -0.2) is 0 Å². The molecular weight excluding hydrogens is 282 g/mol. The van der Waals surface area contributed by atoms with Gasteiger partial charge in [0.25, 0.3) is 5.91 Å². The van der Waals surface area contributed by atoms with Gasteiger partial charge < -0.3 is 19.5 Å². The molecule has 0 saturated carbocycles. The van der Waals surface area contributed by atoms with Crippen molar-refractivity contribution < 1.29 is 24.2 Å². The first-order valence-electron chi connectivity index (χ1n) is 6.28. The fraction of sp³-hybridized carbons (Fsp3) is 0.538. The Morgan fingerprint density at radius 1 is 1.60 bits per heavy atom. The van der Waals surface area contributed by atoms with E-state index in [2.05, 4.69) is 0 Å². The molecule has 0 bridgehead atoms. The lowest BCUT2D eigenvalue weighted by Crippen LogP contribution is -2.46. The van der Waals surface area contributed by atoms with Gasteiger partial charge in [-0.15, -0.1) is 11.3 Å². The Morgan fingerprint density at radius 3 is 3.00 bits per heavy atom. The number of thiophene rings is 1. The lowest BCUT2D eigenvalue weighted by atomic mass is 10.2. The van der Waals surface area contributed by atoms with Crippen molar-refractivity contribution in [3.8, 4) is 5.75 Å². The first-order valence-corrected chi connectivity index (χ1v) is 7.10. The van der Waals surface area contributed by atoms with Crippen molar-refractivity contribution in [3.63, 3.8) is 0 Å². The molecule has 1 aromatic heterocycles. The van der Waals surface area contributed by atoms with Gasteiger partial charge in [0.1, 0.15) is 10.6 Å². The van der Waals surface area contributed by atoms with Gasteiger partial charge >= 0.3 is 5.97 Å². The molecule has 1 amide bonds. The smallest absolute Gasteiger partial charge is 0.306 e. The molecule has 1 aliphatic heterocycles. The lowest BCUT2D eigenvalue weighted by Gasteiger charge is -2.32. The molecule has 0 aromatic carbocycles. The minimum absolute atomic E-state index is 0.0929. The van der Waals surface area contributed by atoms with E-state index in [4.69, 9.17) is 14.6 Å². The van der Waals surface area contributed by atoms with Crippen LogP contribution in [-0.2, 0) is 9.53 Å². The molecule has 1 aromatic rings. The van der Waals surface area contributed by atoms with Crippen LogP contribution in [0.1, 0.15) is 21.0 Å². The first kappa shape index (κ1) is 14.8.